The van der Waals surface area contributed by atoms with Crippen molar-refractivity contribution in [2.24, 2.45) is 0 Å². The van der Waals surface area contributed by atoms with Gasteiger partial charge in [0.2, 0.25) is 5.91 Å². The minimum absolute atomic E-state index is 0.121. The van der Waals surface area contributed by atoms with E-state index in [0.717, 1.165) is 5.69 Å². The second kappa shape index (κ2) is 6.38. The van der Waals surface area contributed by atoms with E-state index in [1.807, 2.05) is 13.0 Å². The molecule has 0 aliphatic carbocycles. The summed E-state index contributed by atoms with van der Waals surface area (Å²) in [4.78, 5) is 28.0. The number of aromatic nitrogens is 2. The third-order valence-corrected chi connectivity index (χ3v) is 3.54. The summed E-state index contributed by atoms with van der Waals surface area (Å²) in [6.07, 6.45) is 1.74. The van der Waals surface area contributed by atoms with Crippen molar-refractivity contribution >= 4 is 22.7 Å². The molecule has 0 unspecified atom stereocenters. The van der Waals surface area contributed by atoms with E-state index in [2.05, 4.69) is 10.3 Å². The zero-order chi connectivity index (χ0) is 17.1. The lowest BCUT2D eigenvalue weighted by Crippen LogP contribution is -2.19. The van der Waals surface area contributed by atoms with Gasteiger partial charge in [0, 0.05) is 36.6 Å². The van der Waals surface area contributed by atoms with Gasteiger partial charge in [-0.3, -0.25) is 14.3 Å². The Morgan fingerprint density at radius 1 is 1.38 bits per heavy atom. The Hall–Kier alpha value is -3.40. The number of nitriles is 1. The van der Waals surface area contributed by atoms with Crippen molar-refractivity contribution in [2.45, 2.75) is 19.9 Å². The van der Waals surface area contributed by atoms with Crippen LogP contribution in [-0.2, 0) is 11.3 Å². The third kappa shape index (κ3) is 3.17. The molecule has 0 radical (unpaired) electrons. The van der Waals surface area contributed by atoms with Gasteiger partial charge in [0.1, 0.15) is 0 Å². The van der Waals surface area contributed by atoms with Crippen LogP contribution in [0.25, 0.3) is 11.1 Å². The third-order valence-electron chi connectivity index (χ3n) is 3.54. The van der Waals surface area contributed by atoms with Crippen LogP contribution in [0.15, 0.2) is 45.7 Å². The normalized spacial score (nSPS) is 10.5. The topological polar surface area (TPSA) is 101 Å². The van der Waals surface area contributed by atoms with Crippen LogP contribution in [0, 0.1) is 18.3 Å². The number of nitrogens with one attached hydrogen (secondary N) is 1. The molecular weight excluding hydrogens is 308 g/mol. The number of benzene rings is 1. The van der Waals surface area contributed by atoms with E-state index in [0.29, 0.717) is 22.4 Å². The molecule has 7 nitrogen and oxygen atoms in total. The summed E-state index contributed by atoms with van der Waals surface area (Å²) in [5.74, 6) is -0.761. The van der Waals surface area contributed by atoms with E-state index in [1.54, 1.807) is 30.5 Å². The van der Waals surface area contributed by atoms with Gasteiger partial charge in [0.25, 0.3) is 0 Å². The van der Waals surface area contributed by atoms with Crippen LogP contribution >= 0.6 is 0 Å². The number of nitrogens with zero attached hydrogens (tertiary/aromatic N) is 3. The van der Waals surface area contributed by atoms with Crippen LogP contribution in [0.2, 0.25) is 0 Å². The van der Waals surface area contributed by atoms with Gasteiger partial charge in [-0.1, -0.05) is 0 Å². The first-order valence-corrected chi connectivity index (χ1v) is 7.33. The van der Waals surface area contributed by atoms with Crippen molar-refractivity contribution < 1.29 is 9.21 Å². The molecule has 0 bridgehead atoms. The van der Waals surface area contributed by atoms with Crippen LogP contribution in [-0.4, -0.2) is 15.5 Å². The summed E-state index contributed by atoms with van der Waals surface area (Å²) < 4.78 is 6.51. The van der Waals surface area contributed by atoms with Crippen molar-refractivity contribution in [2.75, 3.05) is 5.32 Å². The second-order valence-corrected chi connectivity index (χ2v) is 5.30. The summed E-state index contributed by atoms with van der Waals surface area (Å²) in [6.45, 7) is 2.02. The number of aryl methyl sites for hydroxylation is 2. The Bertz CT molecular complexity index is 1010. The van der Waals surface area contributed by atoms with Gasteiger partial charge in [0.05, 0.1) is 17.1 Å². The molecule has 3 rings (SSSR count). The Labute approximate surface area is 137 Å². The Kier molecular flexibility index (Phi) is 4.12. The van der Waals surface area contributed by atoms with Crippen LogP contribution in [0.3, 0.4) is 0 Å². The van der Waals surface area contributed by atoms with Gasteiger partial charge in [-0.2, -0.15) is 5.26 Å². The first-order valence-electron chi connectivity index (χ1n) is 7.33. The highest BCUT2D eigenvalue weighted by molar-refractivity contribution is 5.90. The van der Waals surface area contributed by atoms with E-state index in [4.69, 9.17) is 9.68 Å². The maximum absolute atomic E-state index is 12.0. The maximum Gasteiger partial charge on any atom is 0.419 e. The molecule has 0 spiro atoms. The van der Waals surface area contributed by atoms with E-state index in [9.17, 15) is 9.59 Å². The number of hydrogen-bond acceptors (Lipinski definition) is 5. The highest BCUT2D eigenvalue weighted by Gasteiger charge is 2.11. The fraction of sp³-hybridized carbons (Fsp3) is 0.176. The fourth-order valence-corrected chi connectivity index (χ4v) is 2.41. The monoisotopic (exact) mass is 322 g/mol. The summed E-state index contributed by atoms with van der Waals surface area (Å²) in [7, 11) is 0. The average molecular weight is 322 g/mol. The van der Waals surface area contributed by atoms with Crippen LogP contribution in [0.5, 0.6) is 0 Å². The number of pyridine rings is 1. The molecule has 0 saturated carbocycles. The highest BCUT2D eigenvalue weighted by Crippen LogP contribution is 2.15. The van der Waals surface area contributed by atoms with E-state index < -0.39 is 5.76 Å². The molecule has 0 atom stereocenters. The van der Waals surface area contributed by atoms with Crippen LogP contribution in [0.4, 0.5) is 5.69 Å². The predicted octanol–water partition coefficient (Wildman–Crippen LogP) is 2.20. The number of fused-ring (bicyclic) bond motifs is 1. The SMILES string of the molecule is Cc1cc(NC(=O)CCn2c(=O)oc3cc(C#N)ccc32)ccn1. The number of carbonyl (C=O) groups excluding carboxylic acids is 1. The summed E-state index contributed by atoms with van der Waals surface area (Å²) in [5.41, 5.74) is 2.78. The van der Waals surface area contributed by atoms with Gasteiger partial charge >= 0.3 is 5.76 Å². The molecular formula is C17H14N4O3. The Morgan fingerprint density at radius 3 is 2.96 bits per heavy atom. The zero-order valence-electron chi connectivity index (χ0n) is 12.9. The quantitative estimate of drug-likeness (QED) is 0.793. The average Bonchev–Trinajstić information content (AvgIpc) is 2.87. The molecule has 1 N–H and O–H groups in total. The molecule has 0 saturated heterocycles. The van der Waals surface area contributed by atoms with Gasteiger partial charge in [0.15, 0.2) is 5.58 Å². The number of carbonyl (C=O) groups is 1. The zero-order valence-corrected chi connectivity index (χ0v) is 12.9. The number of rotatable bonds is 4. The predicted molar refractivity (Wildman–Crippen MR) is 87.4 cm³/mol. The highest BCUT2D eigenvalue weighted by atomic mass is 16.4. The number of anilines is 1. The largest absolute Gasteiger partial charge is 0.419 e. The standard InChI is InChI=1S/C17H14N4O3/c1-11-8-13(4-6-19-11)20-16(22)5-7-21-14-3-2-12(10-18)9-15(14)24-17(21)23/h2-4,6,8-9H,5,7H2,1H3,(H,19,20,22). The van der Waals surface area contributed by atoms with Crippen LogP contribution < -0.4 is 11.1 Å². The minimum Gasteiger partial charge on any atom is -0.408 e. The molecule has 2 aromatic heterocycles. The van der Waals surface area contributed by atoms with Crippen molar-refractivity contribution in [3.63, 3.8) is 0 Å². The van der Waals surface area contributed by atoms with Gasteiger partial charge < -0.3 is 9.73 Å². The second-order valence-electron chi connectivity index (χ2n) is 5.30. The van der Waals surface area contributed by atoms with E-state index in [-0.39, 0.29) is 18.9 Å². The van der Waals surface area contributed by atoms with Crippen molar-refractivity contribution in [1.29, 1.82) is 5.26 Å². The van der Waals surface area contributed by atoms with Crippen LogP contribution in [0.1, 0.15) is 17.7 Å². The number of amides is 1. The van der Waals surface area contributed by atoms with Gasteiger partial charge in [-0.25, -0.2) is 4.79 Å². The lowest BCUT2D eigenvalue weighted by atomic mass is 10.2. The first kappa shape index (κ1) is 15.5. The van der Waals surface area contributed by atoms with Gasteiger partial charge in [-0.15, -0.1) is 0 Å². The fourth-order valence-electron chi connectivity index (χ4n) is 2.41. The van der Waals surface area contributed by atoms with E-state index >= 15 is 0 Å². The van der Waals surface area contributed by atoms with Crippen molar-refractivity contribution in [3.05, 3.63) is 58.3 Å². The summed E-state index contributed by atoms with van der Waals surface area (Å²) >= 11 is 0. The van der Waals surface area contributed by atoms with Crippen molar-refractivity contribution in [3.8, 4) is 6.07 Å². The summed E-state index contributed by atoms with van der Waals surface area (Å²) in [5, 5.41) is 11.6. The smallest absolute Gasteiger partial charge is 0.408 e. The summed E-state index contributed by atoms with van der Waals surface area (Å²) in [6, 6.07) is 10.2. The molecule has 2 heterocycles. The first-order chi connectivity index (χ1) is 11.6. The van der Waals surface area contributed by atoms with Gasteiger partial charge in [-0.05, 0) is 31.2 Å². The Morgan fingerprint density at radius 2 is 2.21 bits per heavy atom. The molecule has 24 heavy (non-hydrogen) atoms. The van der Waals surface area contributed by atoms with E-state index in [1.165, 1.54) is 10.6 Å². The minimum atomic E-state index is -0.548. The molecule has 3 aromatic rings. The molecule has 0 fully saturated rings. The lowest BCUT2D eigenvalue weighted by molar-refractivity contribution is -0.116. The molecule has 1 amide bonds. The lowest BCUT2D eigenvalue weighted by Gasteiger charge is -2.06. The molecule has 7 heteroatoms. The molecule has 1 aromatic carbocycles. The number of hydrogen-bond donors (Lipinski definition) is 1. The van der Waals surface area contributed by atoms with Crippen molar-refractivity contribution in [1.82, 2.24) is 9.55 Å². The molecule has 0 aliphatic heterocycles. The molecule has 0 aliphatic rings. The number of oxazole rings is 1. The Balaban J connectivity index is 1.74. The molecule has 120 valence electrons. The maximum atomic E-state index is 12.0.